The molecule has 0 N–H and O–H groups in total. The predicted octanol–water partition coefficient (Wildman–Crippen LogP) is 4.87. The summed E-state index contributed by atoms with van der Waals surface area (Å²) in [6.07, 6.45) is 9.17. The zero-order valence-electron chi connectivity index (χ0n) is 10.4. The van der Waals surface area contributed by atoms with Crippen LogP contribution in [-0.2, 0) is 13.1 Å². The standard InChI is InChI=1S/C10H24P2.2ClH.Fe/c1-5-11(6-2)9-10-12(7-3)8-4;;;/h5-10H2,1-4H3;2*1H;/q;;;+2. The van der Waals surface area contributed by atoms with E-state index in [1.54, 1.807) is 12.3 Å². The molecule has 0 spiro atoms. The molecule has 0 bridgehead atoms. The van der Waals surface area contributed by atoms with E-state index < -0.39 is 0 Å². The van der Waals surface area contributed by atoms with Crippen molar-refractivity contribution in [3.8, 4) is 0 Å². The van der Waals surface area contributed by atoms with Crippen LogP contribution in [0, 0.1) is 0 Å². The van der Waals surface area contributed by atoms with Gasteiger partial charge in [-0.05, 0) is 27.7 Å². The molecule has 0 aromatic carbocycles. The Labute approximate surface area is 113 Å². The molecule has 0 nitrogen and oxygen atoms in total. The van der Waals surface area contributed by atoms with E-state index in [0.717, 1.165) is 0 Å². The molecule has 96 valence electrons. The van der Waals surface area contributed by atoms with Gasteiger partial charge in [0.05, 0.1) is 37.0 Å². The fraction of sp³-hybridized carbons (Fsp3) is 1.00. The van der Waals surface area contributed by atoms with Gasteiger partial charge in [0.1, 0.15) is 0 Å². The fourth-order valence-corrected chi connectivity index (χ4v) is 6.80. The van der Waals surface area contributed by atoms with E-state index in [1.807, 2.05) is 0 Å². The van der Waals surface area contributed by atoms with Crippen LogP contribution in [0.4, 0.5) is 0 Å². The second kappa shape index (κ2) is 16.0. The van der Waals surface area contributed by atoms with E-state index in [9.17, 15) is 0 Å². The van der Waals surface area contributed by atoms with Gasteiger partial charge < -0.3 is 0 Å². The van der Waals surface area contributed by atoms with E-state index in [-0.39, 0.29) is 29.0 Å². The maximum atomic E-state index is 4.76. The number of rotatable bonds is 7. The first-order chi connectivity index (χ1) is 7.19. The van der Waals surface area contributed by atoms with E-state index in [4.69, 9.17) is 20.2 Å². The molecule has 5 heteroatoms. The summed E-state index contributed by atoms with van der Waals surface area (Å²) in [4.78, 5) is 0. The van der Waals surface area contributed by atoms with Gasteiger partial charge in [-0.1, -0.05) is 0 Å². The van der Waals surface area contributed by atoms with Crippen LogP contribution in [0.5, 0.6) is 0 Å². The molecule has 0 atom stereocenters. The Kier molecular flexibility index (Phi) is 20.5. The van der Waals surface area contributed by atoms with Crippen molar-refractivity contribution in [2.24, 2.45) is 0 Å². The maximum absolute atomic E-state index is 4.76. The van der Waals surface area contributed by atoms with Crippen LogP contribution in [-0.4, -0.2) is 37.0 Å². The normalized spacial score (nSPS) is 10.7. The van der Waals surface area contributed by atoms with Gasteiger partial charge in [-0.25, -0.2) is 0 Å². The topological polar surface area (TPSA) is 0 Å². The van der Waals surface area contributed by atoms with Crippen LogP contribution in [0.25, 0.3) is 0 Å². The molecular weight excluding hydrogens is 309 g/mol. The first-order valence-electron chi connectivity index (χ1n) is 5.72. The number of hydrogen-bond donors (Lipinski definition) is 0. The molecule has 0 unspecified atom stereocenters. The van der Waals surface area contributed by atoms with Crippen LogP contribution in [0.3, 0.4) is 0 Å². The van der Waals surface area contributed by atoms with Crippen LogP contribution >= 0.6 is 36.0 Å². The predicted molar refractivity (Wildman–Crippen MR) is 80.2 cm³/mol. The summed E-state index contributed by atoms with van der Waals surface area (Å²) in [6, 6.07) is 0. The molecule has 0 radical (unpaired) electrons. The van der Waals surface area contributed by atoms with Crippen molar-refractivity contribution in [2.45, 2.75) is 27.7 Å². The van der Waals surface area contributed by atoms with Crippen molar-refractivity contribution in [3.05, 3.63) is 0 Å². The van der Waals surface area contributed by atoms with E-state index in [2.05, 4.69) is 27.7 Å². The number of hydrogen-bond acceptors (Lipinski definition) is 0. The fourth-order valence-electron chi connectivity index (χ4n) is 1.56. The summed E-state index contributed by atoms with van der Waals surface area (Å²) in [5.41, 5.74) is 0. The van der Waals surface area contributed by atoms with Gasteiger partial charge >= 0.3 is 33.3 Å². The van der Waals surface area contributed by atoms with Crippen molar-refractivity contribution in [1.82, 2.24) is 0 Å². The van der Waals surface area contributed by atoms with Gasteiger partial charge in [0.2, 0.25) is 0 Å². The van der Waals surface area contributed by atoms with Crippen LogP contribution in [0.2, 0.25) is 0 Å². The summed E-state index contributed by atoms with van der Waals surface area (Å²) in [7, 11) is 9.70. The molecule has 0 aromatic rings. The van der Waals surface area contributed by atoms with Crippen LogP contribution in [0.15, 0.2) is 0 Å². The Morgan fingerprint density at radius 2 is 0.933 bits per heavy atom. The monoisotopic (exact) mass is 334 g/mol. The third kappa shape index (κ3) is 13.9. The summed E-state index contributed by atoms with van der Waals surface area (Å²) >= 11 is 0.194. The SMILES string of the molecule is CC[PH+](CC)CC[PH+](CC)CC.[Cl][Fe][Cl]. The zero-order valence-corrected chi connectivity index (χ0v) is 15.0. The Hall–Kier alpha value is 1.96. The third-order valence-corrected chi connectivity index (χ3v) is 9.25. The van der Waals surface area contributed by atoms with E-state index >= 15 is 0 Å². The van der Waals surface area contributed by atoms with Gasteiger partial charge in [0, 0.05) is 15.8 Å². The Morgan fingerprint density at radius 1 is 0.733 bits per heavy atom. The summed E-state index contributed by atoms with van der Waals surface area (Å²) in [6.45, 7) is 9.51. The van der Waals surface area contributed by atoms with Crippen LogP contribution < -0.4 is 0 Å². The van der Waals surface area contributed by atoms with Crippen molar-refractivity contribution in [3.63, 3.8) is 0 Å². The summed E-state index contributed by atoms with van der Waals surface area (Å²) in [5, 5.41) is 0. The van der Waals surface area contributed by atoms with Crippen molar-refractivity contribution >= 4 is 36.0 Å². The average Bonchev–Trinajstić information content (AvgIpc) is 2.26. The minimum absolute atomic E-state index is 0.0873. The van der Waals surface area contributed by atoms with Gasteiger partial charge in [0.15, 0.2) is 0 Å². The number of halogens is 2. The van der Waals surface area contributed by atoms with Gasteiger partial charge in [0.25, 0.3) is 0 Å². The van der Waals surface area contributed by atoms with Crippen LogP contribution in [0.1, 0.15) is 27.7 Å². The quantitative estimate of drug-likeness (QED) is 0.460. The molecule has 0 amide bonds. The Balaban J connectivity index is 0. The van der Waals surface area contributed by atoms with Crippen molar-refractivity contribution < 1.29 is 13.1 Å². The minimum atomic E-state index is 0.0873. The molecular formula is C10H26Cl2FeP2+2. The molecule has 0 saturated heterocycles. The first kappa shape index (κ1) is 19.3. The Morgan fingerprint density at radius 3 is 1.07 bits per heavy atom. The summed E-state index contributed by atoms with van der Waals surface area (Å²) in [5.74, 6) is 0. The average molecular weight is 335 g/mol. The zero-order chi connectivity index (χ0) is 12.1. The van der Waals surface area contributed by atoms with Crippen molar-refractivity contribution in [2.75, 3.05) is 37.0 Å². The molecule has 0 fully saturated rings. The molecule has 0 aromatic heterocycles. The second-order valence-corrected chi connectivity index (χ2v) is 12.1. The molecule has 0 aliphatic heterocycles. The van der Waals surface area contributed by atoms with Crippen molar-refractivity contribution in [1.29, 1.82) is 0 Å². The van der Waals surface area contributed by atoms with Gasteiger partial charge in [-0.15, -0.1) is 0 Å². The summed E-state index contributed by atoms with van der Waals surface area (Å²) < 4.78 is 0. The van der Waals surface area contributed by atoms with E-state index in [1.165, 1.54) is 24.6 Å². The molecule has 0 heterocycles. The van der Waals surface area contributed by atoms with Gasteiger partial charge in [-0.3, -0.25) is 0 Å². The molecule has 0 aliphatic rings. The Bertz CT molecular complexity index is 97.6. The first-order valence-corrected chi connectivity index (χ1v) is 13.0. The third-order valence-electron chi connectivity index (χ3n) is 2.83. The molecule has 0 aliphatic carbocycles. The van der Waals surface area contributed by atoms with Gasteiger partial charge in [-0.2, -0.15) is 0 Å². The molecule has 0 saturated carbocycles. The molecule has 0 rings (SSSR count). The second-order valence-electron chi connectivity index (χ2n) is 3.46. The molecule has 15 heavy (non-hydrogen) atoms. The van der Waals surface area contributed by atoms with E-state index in [0.29, 0.717) is 0 Å².